The van der Waals surface area contributed by atoms with Gasteiger partial charge in [-0.3, -0.25) is 9.78 Å². The Morgan fingerprint density at radius 1 is 1.32 bits per heavy atom. The van der Waals surface area contributed by atoms with Crippen molar-refractivity contribution >= 4 is 17.4 Å². The number of nitrogens with zero attached hydrogens (tertiary/aromatic N) is 3. The molecule has 0 atom stereocenters. The fraction of sp³-hybridized carbons (Fsp3) is 0.214. The summed E-state index contributed by atoms with van der Waals surface area (Å²) in [5.41, 5.74) is 1.78. The Hall–Kier alpha value is -2.43. The number of fused-ring (bicyclic) bond motifs is 1. The molecular weight excluding hydrogens is 240 g/mol. The van der Waals surface area contributed by atoms with E-state index in [1.54, 1.807) is 23.5 Å². The lowest BCUT2D eigenvalue weighted by Crippen LogP contribution is -2.40. The Bertz CT molecular complexity index is 585. The molecule has 0 saturated heterocycles. The lowest BCUT2D eigenvalue weighted by Gasteiger charge is -2.29. The van der Waals surface area contributed by atoms with Crippen molar-refractivity contribution in [2.24, 2.45) is 0 Å². The van der Waals surface area contributed by atoms with Crippen molar-refractivity contribution < 1.29 is 4.79 Å². The van der Waals surface area contributed by atoms with E-state index in [9.17, 15) is 4.79 Å². The van der Waals surface area contributed by atoms with Gasteiger partial charge in [0.05, 0.1) is 12.1 Å². The first-order valence-electron chi connectivity index (χ1n) is 6.23. The summed E-state index contributed by atoms with van der Waals surface area (Å²) in [5.74, 6) is 0.844. The van der Waals surface area contributed by atoms with Crippen LogP contribution in [0.2, 0.25) is 0 Å². The summed E-state index contributed by atoms with van der Waals surface area (Å²) in [6.45, 7) is 1.39. The van der Waals surface area contributed by atoms with E-state index in [0.29, 0.717) is 13.0 Å². The molecule has 0 spiro atoms. The molecule has 1 aliphatic rings. The van der Waals surface area contributed by atoms with Crippen LogP contribution in [0.1, 0.15) is 5.56 Å². The average Bonchev–Trinajstić information content (AvgIpc) is 2.47. The first-order valence-corrected chi connectivity index (χ1v) is 6.23. The Kier molecular flexibility index (Phi) is 3.10. The number of rotatable bonds is 2. The molecule has 0 fully saturated rings. The van der Waals surface area contributed by atoms with Crippen molar-refractivity contribution in [1.29, 1.82) is 0 Å². The first kappa shape index (κ1) is 11.6. The van der Waals surface area contributed by atoms with Crippen LogP contribution in [-0.2, 0) is 11.2 Å². The predicted molar refractivity (Wildman–Crippen MR) is 73.0 cm³/mol. The highest BCUT2D eigenvalue weighted by atomic mass is 16.2. The summed E-state index contributed by atoms with van der Waals surface area (Å²) in [6, 6.07) is 7.51. The zero-order valence-corrected chi connectivity index (χ0v) is 10.4. The van der Waals surface area contributed by atoms with Gasteiger partial charge in [0.15, 0.2) is 0 Å². The summed E-state index contributed by atoms with van der Waals surface area (Å²) >= 11 is 0. The van der Waals surface area contributed by atoms with Gasteiger partial charge in [0.1, 0.15) is 5.82 Å². The maximum Gasteiger partial charge on any atom is 0.231 e. The molecule has 1 amide bonds. The zero-order chi connectivity index (χ0) is 13.1. The molecule has 0 saturated carbocycles. The predicted octanol–water partition coefficient (Wildman–Crippen LogP) is 1.48. The topological polar surface area (TPSA) is 58.1 Å². The molecule has 5 heteroatoms. The second kappa shape index (κ2) is 5.06. The Morgan fingerprint density at radius 3 is 3.05 bits per heavy atom. The Morgan fingerprint density at radius 2 is 2.21 bits per heavy atom. The molecule has 1 N–H and O–H groups in total. The second-order valence-electron chi connectivity index (χ2n) is 4.38. The van der Waals surface area contributed by atoms with Crippen LogP contribution in [0.4, 0.5) is 11.5 Å². The third kappa shape index (κ3) is 2.40. The molecule has 3 rings (SSSR count). The number of amides is 1. The van der Waals surface area contributed by atoms with Crippen molar-refractivity contribution in [3.8, 4) is 0 Å². The van der Waals surface area contributed by atoms with Crippen LogP contribution in [-0.4, -0.2) is 29.0 Å². The number of carbonyl (C=O) groups is 1. The van der Waals surface area contributed by atoms with Crippen LogP contribution >= 0.6 is 0 Å². The smallest absolute Gasteiger partial charge is 0.231 e. The summed E-state index contributed by atoms with van der Waals surface area (Å²) in [5, 5.41) is 3.19. The molecule has 0 unspecified atom stereocenters. The third-order valence-electron chi connectivity index (χ3n) is 3.08. The highest BCUT2D eigenvalue weighted by molar-refractivity contribution is 5.97. The highest BCUT2D eigenvalue weighted by Gasteiger charge is 2.22. The quantitative estimate of drug-likeness (QED) is 0.882. The second-order valence-corrected chi connectivity index (χ2v) is 4.38. The van der Waals surface area contributed by atoms with Crippen LogP contribution in [0.25, 0.3) is 0 Å². The van der Waals surface area contributed by atoms with Gasteiger partial charge in [0.25, 0.3) is 0 Å². The molecule has 2 aromatic rings. The van der Waals surface area contributed by atoms with E-state index in [0.717, 1.165) is 23.6 Å². The summed E-state index contributed by atoms with van der Waals surface area (Å²) < 4.78 is 0. The molecule has 3 heterocycles. The number of anilines is 2. The summed E-state index contributed by atoms with van der Waals surface area (Å²) in [6.07, 6.45) is 5.52. The van der Waals surface area contributed by atoms with Gasteiger partial charge >= 0.3 is 0 Å². The van der Waals surface area contributed by atoms with E-state index >= 15 is 0 Å². The Labute approximate surface area is 111 Å². The van der Waals surface area contributed by atoms with E-state index < -0.39 is 0 Å². The molecule has 0 aliphatic carbocycles. The van der Waals surface area contributed by atoms with Crippen molar-refractivity contribution in [3.63, 3.8) is 0 Å². The first-order chi connectivity index (χ1) is 9.34. The number of nitrogens with one attached hydrogen (secondary N) is 1. The lowest BCUT2D eigenvalue weighted by atomic mass is 10.1. The number of carbonyl (C=O) groups excluding carboxylic acids is 1. The van der Waals surface area contributed by atoms with Gasteiger partial charge in [0, 0.05) is 31.7 Å². The standard InChI is InChI=1S/C14H14N4O/c19-13(9-11-3-1-5-15-10-11)18-8-7-17-14-12(18)4-2-6-16-14/h1-6,10H,7-9H2,(H,16,17). The van der Waals surface area contributed by atoms with Crippen LogP contribution in [0, 0.1) is 0 Å². The van der Waals surface area contributed by atoms with Gasteiger partial charge in [-0.25, -0.2) is 4.98 Å². The van der Waals surface area contributed by atoms with Crippen molar-refractivity contribution in [3.05, 3.63) is 48.4 Å². The molecule has 5 nitrogen and oxygen atoms in total. The molecule has 0 radical (unpaired) electrons. The van der Waals surface area contributed by atoms with Crippen molar-refractivity contribution in [2.75, 3.05) is 23.3 Å². The lowest BCUT2D eigenvalue weighted by molar-refractivity contribution is -0.118. The van der Waals surface area contributed by atoms with Gasteiger partial charge in [-0.2, -0.15) is 0 Å². The van der Waals surface area contributed by atoms with Gasteiger partial charge < -0.3 is 10.2 Å². The molecule has 0 bridgehead atoms. The largest absolute Gasteiger partial charge is 0.367 e. The average molecular weight is 254 g/mol. The van der Waals surface area contributed by atoms with E-state index in [-0.39, 0.29) is 5.91 Å². The van der Waals surface area contributed by atoms with Gasteiger partial charge in [-0.1, -0.05) is 6.07 Å². The van der Waals surface area contributed by atoms with Gasteiger partial charge in [0.2, 0.25) is 5.91 Å². The van der Waals surface area contributed by atoms with Crippen molar-refractivity contribution in [1.82, 2.24) is 9.97 Å². The SMILES string of the molecule is O=C(Cc1cccnc1)N1CCNc2ncccc21. The fourth-order valence-corrected chi connectivity index (χ4v) is 2.19. The Balaban J connectivity index is 1.82. The minimum atomic E-state index is 0.0729. The number of aromatic nitrogens is 2. The van der Waals surface area contributed by atoms with Crippen LogP contribution < -0.4 is 10.2 Å². The van der Waals surface area contributed by atoms with E-state index in [4.69, 9.17) is 0 Å². The number of hydrogen-bond donors (Lipinski definition) is 1. The van der Waals surface area contributed by atoms with Crippen LogP contribution in [0.3, 0.4) is 0 Å². The molecule has 96 valence electrons. The fourth-order valence-electron chi connectivity index (χ4n) is 2.19. The maximum absolute atomic E-state index is 12.4. The molecule has 0 aromatic carbocycles. The van der Waals surface area contributed by atoms with E-state index in [1.807, 2.05) is 24.3 Å². The summed E-state index contributed by atoms with van der Waals surface area (Å²) in [4.78, 5) is 22.4. The monoisotopic (exact) mass is 254 g/mol. The normalized spacial score (nSPS) is 13.6. The minimum Gasteiger partial charge on any atom is -0.367 e. The summed E-state index contributed by atoms with van der Waals surface area (Å²) in [7, 11) is 0. The molecule has 1 aliphatic heterocycles. The number of hydrogen-bond acceptors (Lipinski definition) is 4. The minimum absolute atomic E-state index is 0.0729. The van der Waals surface area contributed by atoms with E-state index in [1.165, 1.54) is 0 Å². The van der Waals surface area contributed by atoms with Crippen molar-refractivity contribution in [2.45, 2.75) is 6.42 Å². The molecule has 19 heavy (non-hydrogen) atoms. The van der Waals surface area contributed by atoms with Crippen LogP contribution in [0.15, 0.2) is 42.9 Å². The van der Waals surface area contributed by atoms with Crippen LogP contribution in [0.5, 0.6) is 0 Å². The molecular formula is C14H14N4O. The zero-order valence-electron chi connectivity index (χ0n) is 10.4. The van der Waals surface area contributed by atoms with Gasteiger partial charge in [-0.05, 0) is 23.8 Å². The number of pyridine rings is 2. The maximum atomic E-state index is 12.4. The van der Waals surface area contributed by atoms with Gasteiger partial charge in [-0.15, -0.1) is 0 Å². The third-order valence-corrected chi connectivity index (χ3v) is 3.08. The van der Waals surface area contributed by atoms with E-state index in [2.05, 4.69) is 15.3 Å². The highest BCUT2D eigenvalue weighted by Crippen LogP contribution is 2.26. The molecule has 2 aromatic heterocycles.